The molecule has 0 bridgehead atoms. The first-order chi connectivity index (χ1) is 9.06. The number of carboxylic acids is 1. The molecule has 1 amide bonds. The lowest BCUT2D eigenvalue weighted by Crippen LogP contribution is -2.26. The van der Waals surface area contributed by atoms with Crippen LogP contribution >= 0.6 is 11.3 Å². The third-order valence-corrected chi connectivity index (χ3v) is 4.04. The van der Waals surface area contributed by atoms with Crippen LogP contribution in [0, 0.1) is 6.92 Å². The lowest BCUT2D eigenvalue weighted by Gasteiger charge is -2.07. The van der Waals surface area contributed by atoms with Crippen molar-refractivity contribution in [3.8, 4) is 0 Å². The molecule has 1 unspecified atom stereocenters. The van der Waals surface area contributed by atoms with Crippen molar-refractivity contribution in [3.05, 3.63) is 10.6 Å². The van der Waals surface area contributed by atoms with Gasteiger partial charge in [0.15, 0.2) is 5.13 Å². The summed E-state index contributed by atoms with van der Waals surface area (Å²) in [5, 5.41) is 11.9. The molecule has 2 heterocycles. The SMILES string of the molecule is Cc1nc(NC(=O)C2CCCO2)sc1CCC(=O)O. The van der Waals surface area contributed by atoms with Crippen molar-refractivity contribution in [2.75, 3.05) is 11.9 Å². The molecule has 19 heavy (non-hydrogen) atoms. The zero-order chi connectivity index (χ0) is 13.8. The molecule has 2 rings (SSSR count). The van der Waals surface area contributed by atoms with E-state index in [0.717, 1.165) is 23.4 Å². The second kappa shape index (κ2) is 6.12. The average Bonchev–Trinajstić information content (AvgIpc) is 2.96. The second-order valence-electron chi connectivity index (χ2n) is 4.41. The lowest BCUT2D eigenvalue weighted by atomic mass is 10.2. The Hall–Kier alpha value is -1.47. The second-order valence-corrected chi connectivity index (χ2v) is 5.50. The highest BCUT2D eigenvalue weighted by Gasteiger charge is 2.24. The van der Waals surface area contributed by atoms with E-state index in [0.29, 0.717) is 18.2 Å². The van der Waals surface area contributed by atoms with Crippen molar-refractivity contribution < 1.29 is 19.4 Å². The van der Waals surface area contributed by atoms with Crippen LogP contribution in [0.25, 0.3) is 0 Å². The summed E-state index contributed by atoms with van der Waals surface area (Å²) in [6.45, 7) is 2.44. The number of hydrogen-bond acceptors (Lipinski definition) is 5. The number of carboxylic acid groups (broad SMARTS) is 1. The largest absolute Gasteiger partial charge is 0.481 e. The molecular weight excluding hydrogens is 268 g/mol. The maximum atomic E-state index is 11.8. The van der Waals surface area contributed by atoms with Gasteiger partial charge in [0.05, 0.1) is 12.1 Å². The van der Waals surface area contributed by atoms with Crippen LogP contribution in [0.5, 0.6) is 0 Å². The predicted octanol–water partition coefficient (Wildman–Crippen LogP) is 1.59. The van der Waals surface area contributed by atoms with Gasteiger partial charge in [0.1, 0.15) is 6.10 Å². The number of nitrogens with zero attached hydrogens (tertiary/aromatic N) is 1. The molecule has 1 saturated heterocycles. The number of carbonyl (C=O) groups is 2. The highest BCUT2D eigenvalue weighted by molar-refractivity contribution is 7.15. The molecular formula is C12H16N2O4S. The average molecular weight is 284 g/mol. The summed E-state index contributed by atoms with van der Waals surface area (Å²) in [7, 11) is 0. The number of ether oxygens (including phenoxy) is 1. The zero-order valence-electron chi connectivity index (χ0n) is 10.6. The van der Waals surface area contributed by atoms with Crippen LogP contribution in [0.15, 0.2) is 0 Å². The first kappa shape index (κ1) is 14.0. The minimum Gasteiger partial charge on any atom is -0.481 e. The van der Waals surface area contributed by atoms with Crippen LogP contribution in [0.2, 0.25) is 0 Å². The number of thiazole rings is 1. The van der Waals surface area contributed by atoms with Gasteiger partial charge in [-0.05, 0) is 26.2 Å². The molecule has 0 radical (unpaired) electrons. The number of hydrogen-bond donors (Lipinski definition) is 2. The maximum absolute atomic E-state index is 11.8. The summed E-state index contributed by atoms with van der Waals surface area (Å²) < 4.78 is 5.29. The van der Waals surface area contributed by atoms with Gasteiger partial charge in [-0.1, -0.05) is 0 Å². The monoisotopic (exact) mass is 284 g/mol. The normalized spacial score (nSPS) is 18.5. The summed E-state index contributed by atoms with van der Waals surface area (Å²) in [6, 6.07) is 0. The maximum Gasteiger partial charge on any atom is 0.303 e. The van der Waals surface area contributed by atoms with Gasteiger partial charge in [0, 0.05) is 11.5 Å². The highest BCUT2D eigenvalue weighted by atomic mass is 32.1. The molecule has 0 spiro atoms. The molecule has 0 aliphatic carbocycles. The Kier molecular flexibility index (Phi) is 4.49. The van der Waals surface area contributed by atoms with Crippen molar-refractivity contribution >= 4 is 28.3 Å². The third-order valence-electron chi connectivity index (χ3n) is 2.91. The van der Waals surface area contributed by atoms with Crippen molar-refractivity contribution in [1.29, 1.82) is 0 Å². The quantitative estimate of drug-likeness (QED) is 0.857. The van der Waals surface area contributed by atoms with Crippen molar-refractivity contribution in [2.24, 2.45) is 0 Å². The first-order valence-corrected chi connectivity index (χ1v) is 6.98. The van der Waals surface area contributed by atoms with E-state index in [1.807, 2.05) is 6.92 Å². The minimum atomic E-state index is -0.835. The van der Waals surface area contributed by atoms with E-state index in [-0.39, 0.29) is 18.4 Å². The van der Waals surface area contributed by atoms with E-state index < -0.39 is 5.97 Å². The fraction of sp³-hybridized carbons (Fsp3) is 0.583. The predicted molar refractivity (Wildman–Crippen MR) is 70.4 cm³/mol. The van der Waals surface area contributed by atoms with Gasteiger partial charge in [0.25, 0.3) is 5.91 Å². The fourth-order valence-electron chi connectivity index (χ4n) is 1.90. The Morgan fingerprint density at radius 2 is 2.37 bits per heavy atom. The topological polar surface area (TPSA) is 88.5 Å². The molecule has 1 atom stereocenters. The Labute approximate surface area is 114 Å². The molecule has 2 N–H and O–H groups in total. The third kappa shape index (κ3) is 3.74. The zero-order valence-corrected chi connectivity index (χ0v) is 11.5. The van der Waals surface area contributed by atoms with Crippen molar-refractivity contribution in [2.45, 2.75) is 38.7 Å². The summed E-state index contributed by atoms with van der Waals surface area (Å²) >= 11 is 1.33. The lowest BCUT2D eigenvalue weighted by molar-refractivity contribution is -0.137. The van der Waals surface area contributed by atoms with Crippen LogP contribution in [-0.4, -0.2) is 34.7 Å². The highest BCUT2D eigenvalue weighted by Crippen LogP contribution is 2.24. The molecule has 6 nitrogen and oxygen atoms in total. The Balaban J connectivity index is 1.95. The molecule has 104 valence electrons. The van der Waals surface area contributed by atoms with Gasteiger partial charge < -0.3 is 9.84 Å². The number of aromatic nitrogens is 1. The van der Waals surface area contributed by atoms with Crippen molar-refractivity contribution in [1.82, 2.24) is 4.98 Å². The molecule has 1 aromatic rings. The van der Waals surface area contributed by atoms with E-state index in [4.69, 9.17) is 9.84 Å². The molecule has 0 aromatic carbocycles. The van der Waals surface area contributed by atoms with Crippen LogP contribution < -0.4 is 5.32 Å². The Morgan fingerprint density at radius 1 is 1.58 bits per heavy atom. The Bertz CT molecular complexity index is 480. The van der Waals surface area contributed by atoms with E-state index in [9.17, 15) is 9.59 Å². The van der Waals surface area contributed by atoms with Gasteiger partial charge in [-0.2, -0.15) is 0 Å². The van der Waals surface area contributed by atoms with E-state index in [1.165, 1.54) is 11.3 Å². The van der Waals surface area contributed by atoms with Crippen LogP contribution in [0.3, 0.4) is 0 Å². The van der Waals surface area contributed by atoms with E-state index in [2.05, 4.69) is 10.3 Å². The summed E-state index contributed by atoms with van der Waals surface area (Å²) in [4.78, 5) is 27.5. The fourth-order valence-corrected chi connectivity index (χ4v) is 2.87. The molecule has 1 aliphatic heterocycles. The van der Waals surface area contributed by atoms with Crippen LogP contribution in [-0.2, 0) is 20.7 Å². The van der Waals surface area contributed by atoms with Gasteiger partial charge >= 0.3 is 5.97 Å². The number of aryl methyl sites for hydroxylation is 2. The molecule has 7 heteroatoms. The number of nitrogens with one attached hydrogen (secondary N) is 1. The summed E-state index contributed by atoms with van der Waals surface area (Å²) in [6.07, 6.45) is 1.77. The van der Waals surface area contributed by atoms with Gasteiger partial charge in [-0.15, -0.1) is 11.3 Å². The Morgan fingerprint density at radius 3 is 3.00 bits per heavy atom. The number of rotatable bonds is 5. The number of carbonyl (C=O) groups excluding carboxylic acids is 1. The number of amides is 1. The van der Waals surface area contributed by atoms with Gasteiger partial charge in [0.2, 0.25) is 0 Å². The molecule has 1 aromatic heterocycles. The van der Waals surface area contributed by atoms with Gasteiger partial charge in [-0.25, -0.2) is 4.98 Å². The summed E-state index contributed by atoms with van der Waals surface area (Å²) in [5.74, 6) is -1.01. The summed E-state index contributed by atoms with van der Waals surface area (Å²) in [5.41, 5.74) is 0.772. The van der Waals surface area contributed by atoms with Crippen LogP contribution in [0.1, 0.15) is 29.8 Å². The minimum absolute atomic E-state index is 0.0716. The molecule has 1 aliphatic rings. The standard InChI is InChI=1S/C12H16N2O4S/c1-7-9(4-5-10(15)16)19-12(13-7)14-11(17)8-3-2-6-18-8/h8H,2-6H2,1H3,(H,15,16)(H,13,14,17). The number of anilines is 1. The molecule has 1 fully saturated rings. The molecule has 0 saturated carbocycles. The van der Waals surface area contributed by atoms with Crippen LogP contribution in [0.4, 0.5) is 5.13 Å². The van der Waals surface area contributed by atoms with E-state index >= 15 is 0 Å². The number of aliphatic carboxylic acids is 1. The smallest absolute Gasteiger partial charge is 0.303 e. The van der Waals surface area contributed by atoms with Crippen molar-refractivity contribution in [3.63, 3.8) is 0 Å². The first-order valence-electron chi connectivity index (χ1n) is 6.17. The van der Waals surface area contributed by atoms with E-state index in [1.54, 1.807) is 0 Å². The van der Waals surface area contributed by atoms with Gasteiger partial charge in [-0.3, -0.25) is 14.9 Å².